The van der Waals surface area contributed by atoms with Gasteiger partial charge in [0.2, 0.25) is 5.91 Å². The lowest BCUT2D eigenvalue weighted by Gasteiger charge is -2.34. The molecule has 2 atom stereocenters. The molecule has 0 radical (unpaired) electrons. The Bertz CT molecular complexity index is 1020. The minimum atomic E-state index is -0.855. The lowest BCUT2D eigenvalue weighted by atomic mass is 9.91. The van der Waals surface area contributed by atoms with E-state index in [0.717, 1.165) is 68.8 Å². The first-order valence-corrected chi connectivity index (χ1v) is 12.6. The van der Waals surface area contributed by atoms with Gasteiger partial charge in [-0.3, -0.25) is 14.5 Å². The van der Waals surface area contributed by atoms with Gasteiger partial charge in [-0.2, -0.15) is 0 Å². The van der Waals surface area contributed by atoms with E-state index in [4.69, 9.17) is 4.98 Å². The average Bonchev–Trinajstić information content (AvgIpc) is 3.34. The second-order valence-electron chi connectivity index (χ2n) is 9.95. The molecule has 5 rings (SSSR count). The molecule has 180 valence electrons. The number of piperidine rings is 1. The summed E-state index contributed by atoms with van der Waals surface area (Å²) in [5.41, 5.74) is 3.23. The molecular formula is C27H34N4O3. The SMILES string of the molecule is O=C(O)[C@@H](c1ccccc1)N1CC[C@@H](C(=O)N2CCC(Cc3ccc4c(n3)NCCC4)CC2)C1. The summed E-state index contributed by atoms with van der Waals surface area (Å²) in [5.74, 6) is 0.820. The molecule has 34 heavy (non-hydrogen) atoms. The molecule has 0 unspecified atom stereocenters. The van der Waals surface area contributed by atoms with Crippen molar-refractivity contribution in [3.63, 3.8) is 0 Å². The smallest absolute Gasteiger partial charge is 0.325 e. The van der Waals surface area contributed by atoms with E-state index in [2.05, 4.69) is 17.4 Å². The molecule has 1 amide bonds. The lowest BCUT2D eigenvalue weighted by molar-refractivity contribution is -0.144. The van der Waals surface area contributed by atoms with Gasteiger partial charge in [0.1, 0.15) is 11.9 Å². The topological polar surface area (TPSA) is 85.8 Å². The number of likely N-dealkylation sites (tertiary alicyclic amines) is 2. The Balaban J connectivity index is 1.14. The zero-order valence-corrected chi connectivity index (χ0v) is 19.7. The third kappa shape index (κ3) is 4.94. The van der Waals surface area contributed by atoms with E-state index >= 15 is 0 Å². The van der Waals surface area contributed by atoms with Crippen LogP contribution in [-0.2, 0) is 22.4 Å². The Morgan fingerprint density at radius 3 is 2.62 bits per heavy atom. The maximum absolute atomic E-state index is 13.2. The number of amides is 1. The first-order valence-electron chi connectivity index (χ1n) is 12.6. The second kappa shape index (κ2) is 10.1. The fourth-order valence-electron chi connectivity index (χ4n) is 5.76. The van der Waals surface area contributed by atoms with Crippen molar-refractivity contribution >= 4 is 17.7 Å². The van der Waals surface area contributed by atoms with Gasteiger partial charge >= 0.3 is 5.97 Å². The fraction of sp³-hybridized carbons (Fsp3) is 0.519. The number of pyridine rings is 1. The zero-order valence-electron chi connectivity index (χ0n) is 19.7. The third-order valence-electron chi connectivity index (χ3n) is 7.66. The molecule has 2 saturated heterocycles. The monoisotopic (exact) mass is 462 g/mol. The van der Waals surface area contributed by atoms with Gasteiger partial charge in [0.25, 0.3) is 0 Å². The molecule has 7 heteroatoms. The quantitative estimate of drug-likeness (QED) is 0.685. The van der Waals surface area contributed by atoms with Crippen molar-refractivity contribution < 1.29 is 14.7 Å². The minimum Gasteiger partial charge on any atom is -0.480 e. The van der Waals surface area contributed by atoms with E-state index in [9.17, 15) is 14.7 Å². The third-order valence-corrected chi connectivity index (χ3v) is 7.66. The van der Waals surface area contributed by atoms with Crippen LogP contribution >= 0.6 is 0 Å². The highest BCUT2D eigenvalue weighted by Gasteiger charge is 2.38. The molecule has 0 bridgehead atoms. The highest BCUT2D eigenvalue weighted by molar-refractivity contribution is 5.80. The second-order valence-corrected chi connectivity index (χ2v) is 9.95. The number of nitrogens with one attached hydrogen (secondary N) is 1. The summed E-state index contributed by atoms with van der Waals surface area (Å²) < 4.78 is 0. The zero-order chi connectivity index (χ0) is 23.5. The number of hydrogen-bond acceptors (Lipinski definition) is 5. The largest absolute Gasteiger partial charge is 0.480 e. The molecule has 2 aromatic rings. The van der Waals surface area contributed by atoms with Crippen molar-refractivity contribution in [3.8, 4) is 0 Å². The number of nitrogens with zero attached hydrogens (tertiary/aromatic N) is 3. The number of aryl methyl sites for hydroxylation is 1. The Labute approximate surface area is 201 Å². The molecule has 7 nitrogen and oxygen atoms in total. The van der Waals surface area contributed by atoms with Crippen LogP contribution in [0, 0.1) is 11.8 Å². The molecule has 0 aliphatic carbocycles. The van der Waals surface area contributed by atoms with Gasteiger partial charge < -0.3 is 15.3 Å². The maximum Gasteiger partial charge on any atom is 0.325 e. The molecule has 1 aromatic carbocycles. The van der Waals surface area contributed by atoms with Crippen LogP contribution in [0.25, 0.3) is 0 Å². The normalized spacial score (nSPS) is 22.1. The molecule has 3 aliphatic rings. The van der Waals surface area contributed by atoms with Gasteiger partial charge in [-0.15, -0.1) is 0 Å². The number of anilines is 1. The number of benzene rings is 1. The molecule has 0 spiro atoms. The summed E-state index contributed by atoms with van der Waals surface area (Å²) in [6, 6.07) is 13.0. The van der Waals surface area contributed by atoms with Gasteiger partial charge in [-0.1, -0.05) is 36.4 Å². The minimum absolute atomic E-state index is 0.115. The summed E-state index contributed by atoms with van der Waals surface area (Å²) in [7, 11) is 0. The van der Waals surface area contributed by atoms with Crippen LogP contribution in [0.5, 0.6) is 0 Å². The predicted molar refractivity (Wildman–Crippen MR) is 131 cm³/mol. The Hall–Kier alpha value is -2.93. The molecule has 2 fully saturated rings. The summed E-state index contributed by atoms with van der Waals surface area (Å²) in [5, 5.41) is 13.2. The van der Waals surface area contributed by atoms with E-state index in [0.29, 0.717) is 19.0 Å². The summed E-state index contributed by atoms with van der Waals surface area (Å²) in [4.78, 5) is 34.0. The number of fused-ring (bicyclic) bond motifs is 1. The first kappa shape index (κ1) is 22.8. The van der Waals surface area contributed by atoms with Crippen LogP contribution in [0.15, 0.2) is 42.5 Å². The Morgan fingerprint density at radius 2 is 1.85 bits per heavy atom. The van der Waals surface area contributed by atoms with Crippen LogP contribution in [0.2, 0.25) is 0 Å². The van der Waals surface area contributed by atoms with Crippen LogP contribution < -0.4 is 5.32 Å². The number of carboxylic acids is 1. The van der Waals surface area contributed by atoms with Crippen molar-refractivity contribution in [2.75, 3.05) is 38.0 Å². The van der Waals surface area contributed by atoms with Crippen molar-refractivity contribution in [2.24, 2.45) is 11.8 Å². The highest BCUT2D eigenvalue weighted by Crippen LogP contribution is 2.31. The van der Waals surface area contributed by atoms with E-state index in [1.54, 1.807) is 0 Å². The summed E-state index contributed by atoms with van der Waals surface area (Å²) in [6.07, 6.45) is 5.95. The van der Waals surface area contributed by atoms with Crippen LogP contribution in [0.1, 0.15) is 48.5 Å². The molecular weight excluding hydrogens is 428 g/mol. The Morgan fingerprint density at radius 1 is 1.06 bits per heavy atom. The average molecular weight is 463 g/mol. The number of rotatable bonds is 6. The maximum atomic E-state index is 13.2. The van der Waals surface area contributed by atoms with E-state index in [-0.39, 0.29) is 11.8 Å². The van der Waals surface area contributed by atoms with Gasteiger partial charge in [0.15, 0.2) is 0 Å². The van der Waals surface area contributed by atoms with Crippen LogP contribution in [0.3, 0.4) is 0 Å². The number of carboxylic acid groups (broad SMARTS) is 1. The van der Waals surface area contributed by atoms with Crippen molar-refractivity contribution in [1.82, 2.24) is 14.8 Å². The molecule has 0 saturated carbocycles. The standard InChI is InChI=1S/C27H34N4O3/c32-26(22-12-16-31(18-22)24(27(33)34)20-5-2-1-3-6-20)30-14-10-19(11-15-30)17-23-9-8-21-7-4-13-28-25(21)29-23/h1-3,5-6,8-9,19,22,24H,4,7,10-18H2,(H,28,29)(H,33,34)/t22-,24-/m1/s1. The molecule has 3 aliphatic heterocycles. The first-order chi connectivity index (χ1) is 16.6. The lowest BCUT2D eigenvalue weighted by Crippen LogP contribution is -2.43. The van der Waals surface area contributed by atoms with Crippen molar-refractivity contribution in [1.29, 1.82) is 0 Å². The van der Waals surface area contributed by atoms with Gasteiger partial charge in [-0.05, 0) is 61.6 Å². The molecule has 4 heterocycles. The van der Waals surface area contributed by atoms with Crippen LogP contribution in [-0.4, -0.2) is 64.5 Å². The van der Waals surface area contributed by atoms with Crippen LogP contribution in [0.4, 0.5) is 5.82 Å². The number of hydrogen-bond donors (Lipinski definition) is 2. The van der Waals surface area contributed by atoms with Crippen molar-refractivity contribution in [2.45, 2.75) is 44.6 Å². The van der Waals surface area contributed by atoms with Gasteiger partial charge in [0, 0.05) is 38.4 Å². The number of carbonyl (C=O) groups excluding carboxylic acids is 1. The predicted octanol–water partition coefficient (Wildman–Crippen LogP) is 3.37. The highest BCUT2D eigenvalue weighted by atomic mass is 16.4. The summed E-state index contributed by atoms with van der Waals surface area (Å²) >= 11 is 0. The van der Waals surface area contributed by atoms with E-state index in [1.807, 2.05) is 40.1 Å². The molecule has 1 aromatic heterocycles. The van der Waals surface area contributed by atoms with E-state index in [1.165, 1.54) is 12.0 Å². The van der Waals surface area contributed by atoms with Crippen molar-refractivity contribution in [3.05, 3.63) is 59.3 Å². The van der Waals surface area contributed by atoms with Gasteiger partial charge in [-0.25, -0.2) is 4.98 Å². The Kier molecular flexibility index (Phi) is 6.81. The van der Waals surface area contributed by atoms with E-state index < -0.39 is 12.0 Å². The molecule has 2 N–H and O–H groups in total. The number of aromatic nitrogens is 1. The summed E-state index contributed by atoms with van der Waals surface area (Å²) in [6.45, 7) is 3.71. The number of aliphatic carboxylic acids is 1. The number of carbonyl (C=O) groups is 2. The van der Waals surface area contributed by atoms with Gasteiger partial charge in [0.05, 0.1) is 5.92 Å². The fourth-order valence-corrected chi connectivity index (χ4v) is 5.76.